The lowest BCUT2D eigenvalue weighted by Gasteiger charge is -2.23. The quantitative estimate of drug-likeness (QED) is 0.516. The number of allylic oxidation sites excluding steroid dienone is 4. The van der Waals surface area contributed by atoms with E-state index in [9.17, 15) is 4.79 Å². The molecule has 2 aromatic carbocycles. The Morgan fingerprint density at radius 3 is 2.24 bits per heavy atom. The van der Waals surface area contributed by atoms with Crippen LogP contribution in [0.25, 0.3) is 5.57 Å². The molecule has 3 aromatic rings. The summed E-state index contributed by atoms with van der Waals surface area (Å²) in [6, 6.07) is 19.4. The number of aromatic nitrogens is 3. The molecule has 1 aliphatic rings. The van der Waals surface area contributed by atoms with Crippen LogP contribution in [-0.2, 0) is 11.3 Å². The van der Waals surface area contributed by atoms with E-state index in [1.807, 2.05) is 66.7 Å². The number of nitrogens with zero attached hydrogens (tertiary/aromatic N) is 4. The van der Waals surface area contributed by atoms with Gasteiger partial charge in [-0.25, -0.2) is 0 Å². The Labute approximate surface area is 174 Å². The molecule has 0 unspecified atom stereocenters. The summed E-state index contributed by atoms with van der Waals surface area (Å²) in [6.07, 6.45) is 7.09. The van der Waals surface area contributed by atoms with Gasteiger partial charge in [0.05, 0.1) is 5.75 Å². The average molecular weight is 403 g/mol. The Kier molecular flexibility index (Phi) is 5.91. The summed E-state index contributed by atoms with van der Waals surface area (Å²) in [5.41, 5.74) is 2.86. The molecular formula is C23H22N4OS. The number of para-hydroxylation sites is 2. The van der Waals surface area contributed by atoms with Gasteiger partial charge in [-0.05, 0) is 37.6 Å². The molecule has 0 atom stereocenters. The van der Waals surface area contributed by atoms with Crippen molar-refractivity contribution in [3.8, 4) is 0 Å². The molecule has 0 spiro atoms. The van der Waals surface area contributed by atoms with Gasteiger partial charge < -0.3 is 4.57 Å². The molecule has 1 aromatic heterocycles. The van der Waals surface area contributed by atoms with E-state index in [1.54, 1.807) is 4.90 Å². The molecule has 0 N–H and O–H groups in total. The number of thioether (sulfide) groups is 1. The molecule has 0 bridgehead atoms. The molecule has 0 fully saturated rings. The predicted molar refractivity (Wildman–Crippen MR) is 118 cm³/mol. The number of carbonyl (C=O) groups excluding carboxylic acids is 1. The summed E-state index contributed by atoms with van der Waals surface area (Å²) in [5, 5.41) is 9.48. The minimum Gasteiger partial charge on any atom is -0.303 e. The highest BCUT2D eigenvalue weighted by molar-refractivity contribution is 7.99. The molecule has 0 saturated carbocycles. The van der Waals surface area contributed by atoms with Crippen LogP contribution < -0.4 is 4.90 Å². The molecule has 146 valence electrons. The summed E-state index contributed by atoms with van der Waals surface area (Å²) in [4.78, 5) is 15.0. The summed E-state index contributed by atoms with van der Waals surface area (Å²) in [5.74, 6) is 1.16. The molecule has 1 aliphatic carbocycles. The summed E-state index contributed by atoms with van der Waals surface area (Å²) in [7, 11) is 0. The standard InChI is InChI=1S/C23H22N4OS/c1-2-26-22(18-11-9-10-12-18)24-25-23(26)29-17-21(28)27(19-13-5-3-6-14-19)20-15-7-4-8-16-20/h3-11,13-16H,2,12,17H2,1H3. The Hall–Kier alpha value is -3.12. The normalized spacial score (nSPS) is 12.8. The zero-order valence-electron chi connectivity index (χ0n) is 16.2. The van der Waals surface area contributed by atoms with Crippen molar-refractivity contribution in [3.63, 3.8) is 0 Å². The average Bonchev–Trinajstić information content (AvgIpc) is 3.43. The van der Waals surface area contributed by atoms with E-state index in [0.29, 0.717) is 0 Å². The van der Waals surface area contributed by atoms with Crippen molar-refractivity contribution in [2.45, 2.75) is 25.0 Å². The number of amides is 1. The molecule has 1 amide bonds. The number of hydrogen-bond donors (Lipinski definition) is 0. The van der Waals surface area contributed by atoms with Crippen LogP contribution in [0.1, 0.15) is 19.2 Å². The topological polar surface area (TPSA) is 51.0 Å². The molecule has 1 heterocycles. The molecule has 5 nitrogen and oxygen atoms in total. The van der Waals surface area contributed by atoms with Crippen LogP contribution in [0.2, 0.25) is 0 Å². The van der Waals surface area contributed by atoms with Gasteiger partial charge in [0.25, 0.3) is 0 Å². The largest absolute Gasteiger partial charge is 0.303 e. The highest BCUT2D eigenvalue weighted by Gasteiger charge is 2.21. The third-order valence-electron chi connectivity index (χ3n) is 4.69. The number of hydrogen-bond acceptors (Lipinski definition) is 4. The van der Waals surface area contributed by atoms with E-state index < -0.39 is 0 Å². The van der Waals surface area contributed by atoms with Gasteiger partial charge in [0.2, 0.25) is 5.91 Å². The lowest BCUT2D eigenvalue weighted by atomic mass is 10.2. The second-order valence-corrected chi connectivity index (χ2v) is 7.51. The fourth-order valence-corrected chi connectivity index (χ4v) is 4.16. The zero-order valence-corrected chi connectivity index (χ0v) is 17.0. The molecule has 0 aliphatic heterocycles. The number of anilines is 2. The fraction of sp³-hybridized carbons (Fsp3) is 0.174. The Bertz CT molecular complexity index is 1000. The Morgan fingerprint density at radius 1 is 1.03 bits per heavy atom. The van der Waals surface area contributed by atoms with Gasteiger partial charge in [-0.2, -0.15) is 0 Å². The van der Waals surface area contributed by atoms with Gasteiger partial charge in [0.1, 0.15) is 0 Å². The Balaban J connectivity index is 1.55. The second kappa shape index (κ2) is 8.92. The minimum atomic E-state index is 0.00125. The fourth-order valence-electron chi connectivity index (χ4n) is 3.31. The van der Waals surface area contributed by atoms with E-state index in [0.717, 1.165) is 40.9 Å². The molecule has 6 heteroatoms. The van der Waals surface area contributed by atoms with Crippen LogP contribution in [0.4, 0.5) is 11.4 Å². The maximum absolute atomic E-state index is 13.2. The number of carbonyl (C=O) groups is 1. The number of benzene rings is 2. The van der Waals surface area contributed by atoms with Gasteiger partial charge in [-0.3, -0.25) is 9.69 Å². The van der Waals surface area contributed by atoms with E-state index >= 15 is 0 Å². The van der Waals surface area contributed by atoms with Crippen LogP contribution in [0.5, 0.6) is 0 Å². The summed E-state index contributed by atoms with van der Waals surface area (Å²) in [6.45, 7) is 2.83. The molecular weight excluding hydrogens is 380 g/mol. The van der Waals surface area contributed by atoms with Crippen LogP contribution in [0, 0.1) is 0 Å². The molecule has 0 radical (unpaired) electrons. The van der Waals surface area contributed by atoms with Gasteiger partial charge in [0, 0.05) is 23.5 Å². The summed E-state index contributed by atoms with van der Waals surface area (Å²) < 4.78 is 2.08. The van der Waals surface area contributed by atoms with E-state index in [4.69, 9.17) is 0 Å². The predicted octanol–water partition coefficient (Wildman–Crippen LogP) is 5.10. The van der Waals surface area contributed by atoms with Crippen LogP contribution in [0.3, 0.4) is 0 Å². The van der Waals surface area contributed by atoms with Crippen LogP contribution >= 0.6 is 11.8 Å². The van der Waals surface area contributed by atoms with E-state index in [1.165, 1.54) is 11.8 Å². The van der Waals surface area contributed by atoms with Crippen LogP contribution in [-0.4, -0.2) is 26.4 Å². The van der Waals surface area contributed by atoms with Gasteiger partial charge in [-0.1, -0.05) is 66.4 Å². The first-order valence-electron chi connectivity index (χ1n) is 9.63. The van der Waals surface area contributed by atoms with Crippen molar-refractivity contribution in [1.82, 2.24) is 14.8 Å². The molecule has 0 saturated heterocycles. The maximum Gasteiger partial charge on any atom is 0.242 e. The van der Waals surface area contributed by atoms with Crippen LogP contribution in [0.15, 0.2) is 84.0 Å². The Morgan fingerprint density at radius 2 is 1.69 bits per heavy atom. The van der Waals surface area contributed by atoms with Crippen molar-refractivity contribution in [1.29, 1.82) is 0 Å². The highest BCUT2D eigenvalue weighted by Crippen LogP contribution is 2.29. The van der Waals surface area contributed by atoms with Crippen molar-refractivity contribution < 1.29 is 4.79 Å². The first-order valence-corrected chi connectivity index (χ1v) is 10.6. The SMILES string of the molecule is CCn1c(SCC(=O)N(c2ccccc2)c2ccccc2)nnc1C1=CC=CC1. The van der Waals surface area contributed by atoms with Gasteiger partial charge in [0.15, 0.2) is 11.0 Å². The molecule has 29 heavy (non-hydrogen) atoms. The lowest BCUT2D eigenvalue weighted by molar-refractivity contribution is -0.115. The number of rotatable bonds is 7. The van der Waals surface area contributed by atoms with Gasteiger partial charge in [-0.15, -0.1) is 10.2 Å². The van der Waals surface area contributed by atoms with E-state index in [-0.39, 0.29) is 11.7 Å². The third-order valence-corrected chi connectivity index (χ3v) is 5.65. The van der Waals surface area contributed by atoms with Crippen molar-refractivity contribution in [2.75, 3.05) is 10.7 Å². The smallest absolute Gasteiger partial charge is 0.242 e. The lowest BCUT2D eigenvalue weighted by Crippen LogP contribution is -2.27. The monoisotopic (exact) mass is 402 g/mol. The highest BCUT2D eigenvalue weighted by atomic mass is 32.2. The molecule has 4 rings (SSSR count). The summed E-state index contributed by atoms with van der Waals surface area (Å²) >= 11 is 1.43. The van der Waals surface area contributed by atoms with Crippen molar-refractivity contribution >= 4 is 34.6 Å². The van der Waals surface area contributed by atoms with E-state index in [2.05, 4.69) is 33.8 Å². The first-order chi connectivity index (χ1) is 14.3. The second-order valence-electron chi connectivity index (χ2n) is 6.56. The van der Waals surface area contributed by atoms with Gasteiger partial charge >= 0.3 is 0 Å². The zero-order chi connectivity index (χ0) is 20.1. The minimum absolute atomic E-state index is 0.00125. The maximum atomic E-state index is 13.2. The van der Waals surface area contributed by atoms with Crippen molar-refractivity contribution in [2.24, 2.45) is 0 Å². The first kappa shape index (κ1) is 19.2. The third kappa shape index (κ3) is 4.17. The van der Waals surface area contributed by atoms with Crippen molar-refractivity contribution in [3.05, 3.63) is 84.7 Å².